The van der Waals surface area contributed by atoms with Crippen LogP contribution in [-0.2, 0) is 14.3 Å². The van der Waals surface area contributed by atoms with Gasteiger partial charge in [0.05, 0.1) is 13.0 Å². The summed E-state index contributed by atoms with van der Waals surface area (Å²) in [7, 11) is 1.38. The molecule has 2 aliphatic rings. The molecule has 4 heteroatoms. The third kappa shape index (κ3) is 1.98. The number of carbonyl (C=O) groups excluding carboxylic acids is 2. The molecule has 0 aromatic heterocycles. The topological polar surface area (TPSA) is 46.6 Å². The second kappa shape index (κ2) is 4.21. The summed E-state index contributed by atoms with van der Waals surface area (Å²) < 4.78 is 4.68. The van der Waals surface area contributed by atoms with Crippen molar-refractivity contribution in [2.45, 2.75) is 38.1 Å². The Labute approximate surface area is 89.6 Å². The average Bonchev–Trinajstić information content (AvgIpc) is 2.84. The molecule has 0 radical (unpaired) electrons. The summed E-state index contributed by atoms with van der Waals surface area (Å²) in [6, 6.07) is 0.382. The van der Waals surface area contributed by atoms with Gasteiger partial charge in [-0.2, -0.15) is 0 Å². The van der Waals surface area contributed by atoms with Crippen molar-refractivity contribution < 1.29 is 14.3 Å². The number of amides is 1. The number of ether oxygens (including phenoxy) is 1. The molecule has 15 heavy (non-hydrogen) atoms. The summed E-state index contributed by atoms with van der Waals surface area (Å²) in [5.74, 6) is -0.357. The van der Waals surface area contributed by atoms with E-state index in [1.807, 2.05) is 4.90 Å². The van der Waals surface area contributed by atoms with Gasteiger partial charge in [0.15, 0.2) is 0 Å². The zero-order chi connectivity index (χ0) is 10.8. The van der Waals surface area contributed by atoms with E-state index in [-0.39, 0.29) is 17.8 Å². The lowest BCUT2D eigenvalue weighted by Gasteiger charge is -2.23. The van der Waals surface area contributed by atoms with Crippen molar-refractivity contribution in [1.82, 2.24) is 4.90 Å². The van der Waals surface area contributed by atoms with E-state index in [9.17, 15) is 9.59 Å². The standard InChI is InChI=1S/C11H17NO3/c1-15-11(14)8-6-10(13)12(7-8)9-4-2-3-5-9/h8-9H,2-7H2,1H3. The summed E-state index contributed by atoms with van der Waals surface area (Å²) >= 11 is 0. The van der Waals surface area contributed by atoms with Gasteiger partial charge in [-0.1, -0.05) is 12.8 Å². The maximum absolute atomic E-state index is 11.7. The Kier molecular flexibility index (Phi) is 2.93. The van der Waals surface area contributed by atoms with Crippen molar-refractivity contribution in [2.75, 3.05) is 13.7 Å². The third-order valence-electron chi connectivity index (χ3n) is 3.46. The lowest BCUT2D eigenvalue weighted by molar-refractivity contribution is -0.145. The summed E-state index contributed by atoms with van der Waals surface area (Å²) in [5, 5.41) is 0. The van der Waals surface area contributed by atoms with Crippen LogP contribution >= 0.6 is 0 Å². The number of hydrogen-bond donors (Lipinski definition) is 0. The molecule has 0 spiro atoms. The van der Waals surface area contributed by atoms with Gasteiger partial charge >= 0.3 is 5.97 Å². The number of likely N-dealkylation sites (tertiary alicyclic amines) is 1. The molecular formula is C11H17NO3. The van der Waals surface area contributed by atoms with Crippen molar-refractivity contribution in [2.24, 2.45) is 5.92 Å². The van der Waals surface area contributed by atoms with E-state index in [0.29, 0.717) is 19.0 Å². The van der Waals surface area contributed by atoms with Crippen LogP contribution in [0.5, 0.6) is 0 Å². The predicted octanol–water partition coefficient (Wildman–Crippen LogP) is 0.950. The molecule has 1 atom stereocenters. The van der Waals surface area contributed by atoms with E-state index in [1.165, 1.54) is 20.0 Å². The minimum absolute atomic E-state index is 0.123. The molecule has 0 aromatic rings. The van der Waals surface area contributed by atoms with Gasteiger partial charge < -0.3 is 9.64 Å². The Bertz CT molecular complexity index is 271. The van der Waals surface area contributed by atoms with Crippen LogP contribution in [0.15, 0.2) is 0 Å². The maximum Gasteiger partial charge on any atom is 0.310 e. The molecule has 2 rings (SSSR count). The highest BCUT2D eigenvalue weighted by molar-refractivity contribution is 5.87. The van der Waals surface area contributed by atoms with Gasteiger partial charge in [0.1, 0.15) is 0 Å². The lowest BCUT2D eigenvalue weighted by Crippen LogP contribution is -2.35. The minimum Gasteiger partial charge on any atom is -0.469 e. The highest BCUT2D eigenvalue weighted by atomic mass is 16.5. The predicted molar refractivity (Wildman–Crippen MR) is 54.1 cm³/mol. The summed E-state index contributed by atoms with van der Waals surface area (Å²) in [6.07, 6.45) is 4.94. The van der Waals surface area contributed by atoms with E-state index in [0.717, 1.165) is 12.8 Å². The highest BCUT2D eigenvalue weighted by Crippen LogP contribution is 2.29. The van der Waals surface area contributed by atoms with E-state index in [4.69, 9.17) is 0 Å². The van der Waals surface area contributed by atoms with E-state index < -0.39 is 0 Å². The number of hydrogen-bond acceptors (Lipinski definition) is 3. The fraction of sp³-hybridized carbons (Fsp3) is 0.818. The van der Waals surface area contributed by atoms with Gasteiger partial charge in [-0.25, -0.2) is 0 Å². The zero-order valence-electron chi connectivity index (χ0n) is 9.07. The van der Waals surface area contributed by atoms with Gasteiger partial charge in [-0.05, 0) is 12.8 Å². The molecule has 0 aromatic carbocycles. The van der Waals surface area contributed by atoms with Gasteiger partial charge in [0.2, 0.25) is 5.91 Å². The molecule has 0 N–H and O–H groups in total. The Hall–Kier alpha value is -1.06. The van der Waals surface area contributed by atoms with E-state index in [2.05, 4.69) is 4.74 Å². The second-order valence-corrected chi connectivity index (χ2v) is 4.41. The van der Waals surface area contributed by atoms with Gasteiger partial charge in [0, 0.05) is 19.0 Å². The average molecular weight is 211 g/mol. The Balaban J connectivity index is 1.97. The first-order valence-corrected chi connectivity index (χ1v) is 5.59. The van der Waals surface area contributed by atoms with Crippen molar-refractivity contribution in [3.8, 4) is 0 Å². The third-order valence-corrected chi connectivity index (χ3v) is 3.46. The first-order chi connectivity index (χ1) is 7.22. The molecule has 1 aliphatic heterocycles. The van der Waals surface area contributed by atoms with Gasteiger partial charge in [0.25, 0.3) is 0 Å². The Morgan fingerprint density at radius 2 is 2.07 bits per heavy atom. The Morgan fingerprint density at radius 3 is 2.67 bits per heavy atom. The molecule has 4 nitrogen and oxygen atoms in total. The van der Waals surface area contributed by atoms with E-state index in [1.54, 1.807) is 0 Å². The monoisotopic (exact) mass is 211 g/mol. The SMILES string of the molecule is COC(=O)C1CC(=O)N(C2CCCC2)C1. The summed E-state index contributed by atoms with van der Waals surface area (Å²) in [4.78, 5) is 24.9. The molecule has 1 saturated carbocycles. The first-order valence-electron chi connectivity index (χ1n) is 5.59. The quantitative estimate of drug-likeness (QED) is 0.639. The fourth-order valence-corrected chi connectivity index (χ4v) is 2.63. The highest BCUT2D eigenvalue weighted by Gasteiger charge is 2.38. The van der Waals surface area contributed by atoms with Gasteiger partial charge in [-0.3, -0.25) is 9.59 Å². The van der Waals surface area contributed by atoms with Crippen LogP contribution in [0.4, 0.5) is 0 Å². The van der Waals surface area contributed by atoms with Crippen LogP contribution in [0.2, 0.25) is 0 Å². The minimum atomic E-state index is -0.246. The number of esters is 1. The van der Waals surface area contributed by atoms with Crippen molar-refractivity contribution in [1.29, 1.82) is 0 Å². The van der Waals surface area contributed by atoms with Crippen molar-refractivity contribution in [3.05, 3.63) is 0 Å². The van der Waals surface area contributed by atoms with Crippen LogP contribution < -0.4 is 0 Å². The molecule has 1 unspecified atom stereocenters. The van der Waals surface area contributed by atoms with Crippen LogP contribution in [0.25, 0.3) is 0 Å². The molecular weight excluding hydrogens is 194 g/mol. The maximum atomic E-state index is 11.7. The second-order valence-electron chi connectivity index (χ2n) is 4.41. The van der Waals surface area contributed by atoms with Crippen LogP contribution in [0, 0.1) is 5.92 Å². The Morgan fingerprint density at radius 1 is 1.40 bits per heavy atom. The lowest BCUT2D eigenvalue weighted by atomic mass is 10.1. The smallest absolute Gasteiger partial charge is 0.310 e. The molecule has 1 saturated heterocycles. The van der Waals surface area contributed by atoms with Gasteiger partial charge in [-0.15, -0.1) is 0 Å². The zero-order valence-corrected chi connectivity index (χ0v) is 9.07. The number of nitrogens with zero attached hydrogens (tertiary/aromatic N) is 1. The van der Waals surface area contributed by atoms with Crippen LogP contribution in [-0.4, -0.2) is 36.5 Å². The van der Waals surface area contributed by atoms with E-state index >= 15 is 0 Å². The largest absolute Gasteiger partial charge is 0.469 e. The summed E-state index contributed by atoms with van der Waals surface area (Å²) in [5.41, 5.74) is 0. The number of carbonyl (C=O) groups is 2. The number of rotatable bonds is 2. The molecule has 1 heterocycles. The molecule has 1 aliphatic carbocycles. The first kappa shape index (κ1) is 10.5. The number of methoxy groups -OCH3 is 1. The molecule has 2 fully saturated rings. The molecule has 0 bridgehead atoms. The molecule has 1 amide bonds. The van der Waals surface area contributed by atoms with Crippen LogP contribution in [0.3, 0.4) is 0 Å². The molecule has 84 valence electrons. The van der Waals surface area contributed by atoms with Crippen molar-refractivity contribution in [3.63, 3.8) is 0 Å². The fourth-order valence-electron chi connectivity index (χ4n) is 2.63. The normalized spacial score (nSPS) is 27.4. The van der Waals surface area contributed by atoms with Crippen molar-refractivity contribution >= 4 is 11.9 Å². The summed E-state index contributed by atoms with van der Waals surface area (Å²) in [6.45, 7) is 0.566. The van der Waals surface area contributed by atoms with Crippen LogP contribution in [0.1, 0.15) is 32.1 Å².